The quantitative estimate of drug-likeness (QED) is 0.659. The first-order chi connectivity index (χ1) is 10.1. The van der Waals surface area contributed by atoms with Crippen LogP contribution < -0.4 is 5.32 Å². The predicted molar refractivity (Wildman–Crippen MR) is 84.5 cm³/mol. The number of aromatic hydroxyl groups is 1. The second-order valence-corrected chi connectivity index (χ2v) is 5.06. The van der Waals surface area contributed by atoms with E-state index in [2.05, 4.69) is 21.2 Å². The first-order valence-electron chi connectivity index (χ1n) is 6.07. The number of nitriles is 1. The molecular weight excluding hydrogens is 332 g/mol. The summed E-state index contributed by atoms with van der Waals surface area (Å²) in [4.78, 5) is 12.0. The monoisotopic (exact) mass is 342 g/mol. The fourth-order valence-corrected chi connectivity index (χ4v) is 2.04. The average molecular weight is 343 g/mol. The van der Waals surface area contributed by atoms with Crippen molar-refractivity contribution >= 4 is 33.6 Å². The zero-order valence-corrected chi connectivity index (χ0v) is 12.5. The maximum absolute atomic E-state index is 12.0. The zero-order chi connectivity index (χ0) is 15.2. The zero-order valence-electron chi connectivity index (χ0n) is 10.9. The van der Waals surface area contributed by atoms with Gasteiger partial charge in [0.15, 0.2) is 0 Å². The molecule has 21 heavy (non-hydrogen) atoms. The second-order valence-electron chi connectivity index (χ2n) is 4.20. The van der Waals surface area contributed by atoms with Crippen molar-refractivity contribution in [1.82, 2.24) is 0 Å². The van der Waals surface area contributed by atoms with E-state index in [-0.39, 0.29) is 11.3 Å². The lowest BCUT2D eigenvalue weighted by atomic mass is 10.1. The summed E-state index contributed by atoms with van der Waals surface area (Å²) in [6.45, 7) is 0. The largest absolute Gasteiger partial charge is 0.507 e. The number of anilines is 1. The molecule has 0 aliphatic heterocycles. The fourth-order valence-electron chi connectivity index (χ4n) is 1.65. The molecule has 0 saturated carbocycles. The van der Waals surface area contributed by atoms with E-state index in [4.69, 9.17) is 5.26 Å². The van der Waals surface area contributed by atoms with E-state index < -0.39 is 5.91 Å². The van der Waals surface area contributed by atoms with Gasteiger partial charge < -0.3 is 10.4 Å². The van der Waals surface area contributed by atoms with Crippen LogP contribution in [0.3, 0.4) is 0 Å². The van der Waals surface area contributed by atoms with E-state index in [0.29, 0.717) is 15.7 Å². The number of rotatable bonds is 3. The summed E-state index contributed by atoms with van der Waals surface area (Å²) in [6, 6.07) is 15.5. The van der Waals surface area contributed by atoms with Gasteiger partial charge >= 0.3 is 0 Å². The Hall–Kier alpha value is -2.58. The number of carbonyl (C=O) groups is 1. The number of hydrogen-bond acceptors (Lipinski definition) is 3. The van der Waals surface area contributed by atoms with Crippen LogP contribution in [0.25, 0.3) is 6.08 Å². The lowest BCUT2D eigenvalue weighted by Crippen LogP contribution is -2.13. The average Bonchev–Trinajstić information content (AvgIpc) is 2.49. The van der Waals surface area contributed by atoms with Crippen LogP contribution in [0.4, 0.5) is 5.69 Å². The first-order valence-corrected chi connectivity index (χ1v) is 6.86. The van der Waals surface area contributed by atoms with Crippen molar-refractivity contribution < 1.29 is 9.90 Å². The molecule has 0 saturated heterocycles. The molecule has 1 amide bonds. The van der Waals surface area contributed by atoms with Crippen molar-refractivity contribution in [2.24, 2.45) is 0 Å². The minimum absolute atomic E-state index is 0.0172. The predicted octanol–water partition coefficient (Wildman–Crippen LogP) is 3.70. The molecule has 0 atom stereocenters. The van der Waals surface area contributed by atoms with Gasteiger partial charge in [0.25, 0.3) is 5.91 Å². The van der Waals surface area contributed by atoms with Crippen LogP contribution in [0, 0.1) is 11.3 Å². The highest BCUT2D eigenvalue weighted by Crippen LogP contribution is 2.25. The Morgan fingerprint density at radius 1 is 1.24 bits per heavy atom. The molecule has 2 N–H and O–H groups in total. The maximum atomic E-state index is 12.0. The third-order valence-corrected chi connectivity index (χ3v) is 3.31. The first kappa shape index (κ1) is 14.8. The van der Waals surface area contributed by atoms with Crippen LogP contribution in [0.15, 0.2) is 58.6 Å². The Morgan fingerprint density at radius 2 is 1.95 bits per heavy atom. The number of phenolic OH excluding ortho intramolecular Hbond substituents is 1. The van der Waals surface area contributed by atoms with Gasteiger partial charge in [-0.25, -0.2) is 0 Å². The standard InChI is InChI=1S/C16H11BrN2O2/c17-14-9-11(6-7-15(14)20)8-12(10-18)16(21)19-13-4-2-1-3-5-13/h1-9,20H,(H,19,21)/b12-8-. The molecule has 0 spiro atoms. The summed E-state index contributed by atoms with van der Waals surface area (Å²) in [6.07, 6.45) is 1.46. The molecule has 0 unspecified atom stereocenters. The molecule has 4 nitrogen and oxygen atoms in total. The summed E-state index contributed by atoms with van der Waals surface area (Å²) < 4.78 is 0.497. The fraction of sp³-hybridized carbons (Fsp3) is 0. The lowest BCUT2D eigenvalue weighted by molar-refractivity contribution is -0.112. The highest BCUT2D eigenvalue weighted by molar-refractivity contribution is 9.10. The lowest BCUT2D eigenvalue weighted by Gasteiger charge is -2.04. The van der Waals surface area contributed by atoms with Crippen LogP contribution in [-0.4, -0.2) is 11.0 Å². The van der Waals surface area contributed by atoms with Crippen LogP contribution in [0.5, 0.6) is 5.75 Å². The number of phenols is 1. The van der Waals surface area contributed by atoms with Crippen molar-refractivity contribution in [2.75, 3.05) is 5.32 Å². The highest BCUT2D eigenvalue weighted by Gasteiger charge is 2.09. The van der Waals surface area contributed by atoms with Crippen LogP contribution in [0.2, 0.25) is 0 Å². The summed E-state index contributed by atoms with van der Waals surface area (Å²) in [7, 11) is 0. The third-order valence-electron chi connectivity index (χ3n) is 2.68. The number of nitrogens with one attached hydrogen (secondary N) is 1. The Bertz CT molecular complexity index is 734. The highest BCUT2D eigenvalue weighted by atomic mass is 79.9. The van der Waals surface area contributed by atoms with Gasteiger partial charge in [0.2, 0.25) is 0 Å². The molecule has 0 aromatic heterocycles. The molecule has 0 heterocycles. The minimum Gasteiger partial charge on any atom is -0.507 e. The van der Waals surface area contributed by atoms with Crippen molar-refractivity contribution in [3.63, 3.8) is 0 Å². The Labute approximate surface area is 130 Å². The van der Waals surface area contributed by atoms with E-state index >= 15 is 0 Å². The molecule has 5 heteroatoms. The summed E-state index contributed by atoms with van der Waals surface area (Å²) in [5.41, 5.74) is 1.24. The van der Waals surface area contributed by atoms with Gasteiger partial charge in [-0.1, -0.05) is 24.3 Å². The van der Waals surface area contributed by atoms with Gasteiger partial charge in [-0.2, -0.15) is 5.26 Å². The van der Waals surface area contributed by atoms with Crippen LogP contribution in [-0.2, 0) is 4.79 Å². The van der Waals surface area contributed by atoms with Gasteiger partial charge in [0, 0.05) is 5.69 Å². The van der Waals surface area contributed by atoms with Crippen LogP contribution in [0.1, 0.15) is 5.56 Å². The van der Waals surface area contributed by atoms with E-state index in [0.717, 1.165) is 0 Å². The number of benzene rings is 2. The molecule has 0 radical (unpaired) electrons. The van der Waals surface area contributed by atoms with Gasteiger partial charge in [-0.05, 0) is 51.8 Å². The van der Waals surface area contributed by atoms with Crippen molar-refractivity contribution in [1.29, 1.82) is 5.26 Å². The summed E-state index contributed by atoms with van der Waals surface area (Å²) in [5, 5.41) is 21.2. The number of nitrogens with zero attached hydrogens (tertiary/aromatic N) is 1. The molecule has 0 aliphatic rings. The second kappa shape index (κ2) is 6.73. The Morgan fingerprint density at radius 3 is 2.57 bits per heavy atom. The Kier molecular flexibility index (Phi) is 4.75. The molecule has 0 bridgehead atoms. The van der Waals surface area contributed by atoms with Crippen LogP contribution >= 0.6 is 15.9 Å². The number of carbonyl (C=O) groups excluding carboxylic acids is 1. The smallest absolute Gasteiger partial charge is 0.266 e. The van der Waals surface area contributed by atoms with Gasteiger partial charge in [-0.15, -0.1) is 0 Å². The molecule has 0 aliphatic carbocycles. The number of hydrogen-bond donors (Lipinski definition) is 2. The summed E-state index contributed by atoms with van der Waals surface area (Å²) in [5.74, 6) is -0.382. The van der Waals surface area contributed by atoms with Gasteiger partial charge in [0.05, 0.1) is 4.47 Å². The molecule has 0 fully saturated rings. The van der Waals surface area contributed by atoms with Crippen molar-refractivity contribution in [2.45, 2.75) is 0 Å². The molecular formula is C16H11BrN2O2. The Balaban J connectivity index is 2.22. The number of halogens is 1. The normalized spacial score (nSPS) is 10.8. The summed E-state index contributed by atoms with van der Waals surface area (Å²) >= 11 is 3.19. The SMILES string of the molecule is N#C/C(=C/c1ccc(O)c(Br)c1)C(=O)Nc1ccccc1. The van der Waals surface area contributed by atoms with E-state index in [1.165, 1.54) is 12.1 Å². The number of amides is 1. The minimum atomic E-state index is -0.479. The van der Waals surface area contributed by atoms with Crippen molar-refractivity contribution in [3.8, 4) is 11.8 Å². The van der Waals surface area contributed by atoms with Gasteiger partial charge in [-0.3, -0.25) is 4.79 Å². The third kappa shape index (κ3) is 3.94. The topological polar surface area (TPSA) is 73.1 Å². The van der Waals surface area contributed by atoms with Crippen molar-refractivity contribution in [3.05, 3.63) is 64.1 Å². The maximum Gasteiger partial charge on any atom is 0.266 e. The molecule has 2 rings (SSSR count). The molecule has 2 aromatic rings. The molecule has 2 aromatic carbocycles. The number of para-hydroxylation sites is 1. The van der Waals surface area contributed by atoms with E-state index in [9.17, 15) is 9.90 Å². The van der Waals surface area contributed by atoms with E-state index in [1.54, 1.807) is 36.4 Å². The van der Waals surface area contributed by atoms with E-state index in [1.807, 2.05) is 12.1 Å². The van der Waals surface area contributed by atoms with Gasteiger partial charge in [0.1, 0.15) is 17.4 Å². The molecule has 104 valence electrons.